The molecule has 0 aliphatic heterocycles. The first-order chi connectivity index (χ1) is 14.2. The van der Waals surface area contributed by atoms with Gasteiger partial charge in [0, 0.05) is 0 Å². The van der Waals surface area contributed by atoms with Gasteiger partial charge in [-0.05, 0) is 0 Å². The molecule has 0 saturated carbocycles. The van der Waals surface area contributed by atoms with Crippen LogP contribution in [0.4, 0.5) is 0 Å². The van der Waals surface area contributed by atoms with Gasteiger partial charge in [-0.2, -0.15) is 0 Å². The fourth-order valence-corrected chi connectivity index (χ4v) is 30.1. The Bertz CT molecular complexity index is 965. The second-order valence-electron chi connectivity index (χ2n) is 6.54. The number of phenols is 2. The molecule has 0 amide bonds. The van der Waals surface area contributed by atoms with Crippen LogP contribution in [0.25, 0.3) is 0 Å². The van der Waals surface area contributed by atoms with Gasteiger partial charge in [0.15, 0.2) is 0 Å². The quantitative estimate of drug-likeness (QED) is 0.340. The van der Waals surface area contributed by atoms with Crippen molar-refractivity contribution in [2.45, 2.75) is 9.79 Å². The zero-order valence-corrected chi connectivity index (χ0v) is 20.1. The molecule has 0 aliphatic rings. The molecule has 0 atom stereocenters. The Balaban J connectivity index is 1.88. The minimum absolute atomic E-state index is 0.278. The van der Waals surface area contributed by atoms with E-state index in [1.807, 2.05) is 42.2 Å². The van der Waals surface area contributed by atoms with Gasteiger partial charge in [-0.15, -0.1) is 0 Å². The minimum atomic E-state index is -3.39. The van der Waals surface area contributed by atoms with Gasteiger partial charge in [0.2, 0.25) is 0 Å². The van der Waals surface area contributed by atoms with Gasteiger partial charge in [-0.3, -0.25) is 0 Å². The summed E-state index contributed by atoms with van der Waals surface area (Å²) >= 11 is -3.39. The zero-order valence-electron chi connectivity index (χ0n) is 15.6. The van der Waals surface area contributed by atoms with Crippen LogP contribution in [0, 0.1) is 0 Å². The van der Waals surface area contributed by atoms with Gasteiger partial charge >= 0.3 is 181 Å². The molecule has 2 nitrogen and oxygen atoms in total. The van der Waals surface area contributed by atoms with Crippen molar-refractivity contribution in [2.24, 2.45) is 0 Å². The fraction of sp³-hybridized carbons (Fsp3) is 0. The van der Waals surface area contributed by atoms with Crippen LogP contribution in [0.5, 0.6) is 11.5 Å². The number of phenolic OH excluding ortho intramolecular Hbond substituents is 2. The summed E-state index contributed by atoms with van der Waals surface area (Å²) in [4.78, 5) is 2.30. The number of benzene rings is 4. The third-order valence-corrected chi connectivity index (χ3v) is 31.0. The van der Waals surface area contributed by atoms with Gasteiger partial charge in [0.1, 0.15) is 0 Å². The van der Waals surface area contributed by atoms with Crippen LogP contribution < -0.4 is 7.16 Å². The van der Waals surface area contributed by atoms with Crippen molar-refractivity contribution in [1.29, 1.82) is 0 Å². The van der Waals surface area contributed by atoms with E-state index in [-0.39, 0.29) is 11.5 Å². The predicted molar refractivity (Wildman–Crippen MR) is 126 cm³/mol. The Morgan fingerprint density at radius 1 is 0.448 bits per heavy atom. The van der Waals surface area contributed by atoms with E-state index >= 15 is 0 Å². The van der Waals surface area contributed by atoms with Crippen LogP contribution >= 0.6 is 17.9 Å². The monoisotopic (exact) mass is 524 g/mol. The Hall–Kier alpha value is -2.02. The first-order valence-electron chi connectivity index (χ1n) is 9.23. The summed E-state index contributed by atoms with van der Waals surface area (Å²) in [6.45, 7) is 0. The molecule has 4 rings (SSSR count). The van der Waals surface area contributed by atoms with Crippen LogP contribution in [-0.2, 0) is 0 Å². The van der Waals surface area contributed by atoms with Crippen molar-refractivity contribution in [3.8, 4) is 11.5 Å². The van der Waals surface area contributed by atoms with E-state index in [9.17, 15) is 10.2 Å². The van der Waals surface area contributed by atoms with E-state index in [0.717, 1.165) is 9.79 Å². The van der Waals surface area contributed by atoms with E-state index in [4.69, 9.17) is 0 Å². The fourth-order valence-electron chi connectivity index (χ4n) is 3.10. The molecular weight excluding hydrogens is 503 g/mol. The summed E-state index contributed by atoms with van der Waals surface area (Å²) in [7, 11) is 3.90. The van der Waals surface area contributed by atoms with Gasteiger partial charge in [-0.1, -0.05) is 0 Å². The van der Waals surface area contributed by atoms with Crippen LogP contribution in [0.3, 0.4) is 0 Å². The van der Waals surface area contributed by atoms with Gasteiger partial charge in [0.25, 0.3) is 0 Å². The predicted octanol–water partition coefficient (Wildman–Crippen LogP) is 5.24. The Kier molecular flexibility index (Phi) is 6.43. The van der Waals surface area contributed by atoms with Crippen LogP contribution in [0.15, 0.2) is 119 Å². The van der Waals surface area contributed by atoms with Crippen molar-refractivity contribution < 1.29 is 10.2 Å². The molecule has 0 radical (unpaired) electrons. The topological polar surface area (TPSA) is 40.5 Å². The molecule has 0 aliphatic carbocycles. The summed E-state index contributed by atoms with van der Waals surface area (Å²) in [5, 5.41) is 19.5. The normalized spacial score (nSPS) is 11.3. The average molecular weight is 523 g/mol. The molecule has 29 heavy (non-hydrogen) atoms. The van der Waals surface area contributed by atoms with E-state index in [0.29, 0.717) is 0 Å². The zero-order chi connectivity index (χ0) is 20.1. The Morgan fingerprint density at radius 3 is 1.14 bits per heavy atom. The Labute approximate surface area is 180 Å². The van der Waals surface area contributed by atoms with Crippen LogP contribution in [-0.4, -0.2) is 25.8 Å². The standard InChI is InChI=1S/2C6H6OS.2C6H5.Sn/c2*7-5-1-3-6(8)4-2-5;2*1-2-4-6-5-3-1;/h2*1-4,7-8H;2*1-5H;/q;;;;+2/p-2. The second kappa shape index (κ2) is 9.20. The number of aromatic hydroxyl groups is 2. The SMILES string of the molecule is Oc1ccc([S][Sn]([S]c2ccc(O)cc2)([c]2ccccc2)[c]2ccccc2)cc1. The molecular formula is C24H20O2S2Sn. The van der Waals surface area contributed by atoms with Crippen molar-refractivity contribution >= 4 is 40.7 Å². The molecule has 4 aromatic carbocycles. The molecule has 0 aromatic heterocycles. The van der Waals surface area contributed by atoms with Crippen molar-refractivity contribution in [3.63, 3.8) is 0 Å². The first-order valence-corrected chi connectivity index (χ1v) is 20.7. The van der Waals surface area contributed by atoms with Gasteiger partial charge in [-0.25, -0.2) is 0 Å². The Morgan fingerprint density at radius 2 is 0.793 bits per heavy atom. The summed E-state index contributed by atoms with van der Waals surface area (Å²) in [5.41, 5.74) is 0. The molecule has 2 N–H and O–H groups in total. The summed E-state index contributed by atoms with van der Waals surface area (Å²) in [6, 6.07) is 36.5. The van der Waals surface area contributed by atoms with E-state index in [1.54, 1.807) is 24.3 Å². The molecule has 0 saturated heterocycles. The van der Waals surface area contributed by atoms with Crippen molar-refractivity contribution in [1.82, 2.24) is 0 Å². The summed E-state index contributed by atoms with van der Waals surface area (Å²) in [6.07, 6.45) is 0. The molecule has 0 fully saturated rings. The van der Waals surface area contributed by atoms with Crippen molar-refractivity contribution in [3.05, 3.63) is 109 Å². The summed E-state index contributed by atoms with van der Waals surface area (Å²) in [5.74, 6) is 0.557. The number of rotatable bonds is 6. The summed E-state index contributed by atoms with van der Waals surface area (Å²) < 4.78 is 2.76. The third kappa shape index (κ3) is 4.77. The van der Waals surface area contributed by atoms with Crippen molar-refractivity contribution in [2.75, 3.05) is 0 Å². The molecule has 4 aromatic rings. The van der Waals surface area contributed by atoms with Gasteiger partial charge < -0.3 is 0 Å². The average Bonchev–Trinajstić information content (AvgIpc) is 2.77. The van der Waals surface area contributed by atoms with Crippen LogP contribution in [0.1, 0.15) is 0 Å². The third-order valence-electron chi connectivity index (χ3n) is 4.50. The van der Waals surface area contributed by atoms with Crippen LogP contribution in [0.2, 0.25) is 0 Å². The molecule has 0 unspecified atom stereocenters. The number of hydrogen-bond donors (Lipinski definition) is 2. The maximum atomic E-state index is 9.73. The number of hydrogen-bond acceptors (Lipinski definition) is 4. The van der Waals surface area contributed by atoms with Gasteiger partial charge in [0.05, 0.1) is 0 Å². The first kappa shape index (κ1) is 20.3. The molecule has 0 bridgehead atoms. The molecule has 5 heteroatoms. The van der Waals surface area contributed by atoms with E-state index < -0.39 is 15.6 Å². The second-order valence-corrected chi connectivity index (χ2v) is 28.2. The maximum absolute atomic E-state index is 9.73. The van der Waals surface area contributed by atoms with E-state index in [2.05, 4.69) is 60.7 Å². The molecule has 0 spiro atoms. The van der Waals surface area contributed by atoms with E-state index in [1.165, 1.54) is 7.16 Å². The molecule has 0 heterocycles. The molecule has 144 valence electrons.